The Labute approximate surface area is 130 Å². The molecule has 20 heavy (non-hydrogen) atoms. The van der Waals surface area contributed by atoms with Crippen LogP contribution in [0.5, 0.6) is 0 Å². The number of hydrogen-bond donors (Lipinski definition) is 1. The van der Waals surface area contributed by atoms with Gasteiger partial charge in [0.1, 0.15) is 5.82 Å². The molecule has 0 saturated carbocycles. The van der Waals surface area contributed by atoms with Gasteiger partial charge >= 0.3 is 0 Å². The lowest BCUT2D eigenvalue weighted by Gasteiger charge is -2.09. The van der Waals surface area contributed by atoms with Crippen LogP contribution in [0, 0.1) is 5.82 Å². The number of sulfonamides is 1. The molecule has 0 aliphatic carbocycles. The van der Waals surface area contributed by atoms with E-state index in [4.69, 9.17) is 34.8 Å². The first-order valence-corrected chi connectivity index (χ1v) is 7.84. The maximum atomic E-state index is 13.0. The normalized spacial score (nSPS) is 11.4. The fourth-order valence-corrected chi connectivity index (χ4v) is 3.04. The summed E-state index contributed by atoms with van der Waals surface area (Å²) in [5, 5.41) is 0.241. The van der Waals surface area contributed by atoms with E-state index in [-0.39, 0.29) is 20.6 Å². The first-order chi connectivity index (χ1) is 9.29. The molecule has 0 amide bonds. The molecule has 0 aliphatic heterocycles. The molecule has 106 valence electrons. The summed E-state index contributed by atoms with van der Waals surface area (Å²) in [6, 6.07) is 7.40. The summed E-state index contributed by atoms with van der Waals surface area (Å²) >= 11 is 17.1. The van der Waals surface area contributed by atoms with Crippen LogP contribution in [-0.2, 0) is 10.0 Å². The zero-order valence-corrected chi connectivity index (χ0v) is 12.8. The first kappa shape index (κ1) is 15.4. The summed E-state index contributed by atoms with van der Waals surface area (Å²) in [4.78, 5) is -0.157. The lowest BCUT2D eigenvalue weighted by atomic mass is 10.3. The van der Waals surface area contributed by atoms with E-state index in [1.165, 1.54) is 18.2 Å². The average Bonchev–Trinajstić information content (AvgIpc) is 2.37. The van der Waals surface area contributed by atoms with Crippen molar-refractivity contribution in [3.63, 3.8) is 0 Å². The van der Waals surface area contributed by atoms with E-state index in [0.29, 0.717) is 5.02 Å². The van der Waals surface area contributed by atoms with Crippen molar-refractivity contribution in [3.05, 3.63) is 57.3 Å². The largest absolute Gasteiger partial charge is 0.280 e. The minimum atomic E-state index is -3.89. The predicted octanol–water partition coefficient (Wildman–Crippen LogP) is 4.59. The van der Waals surface area contributed by atoms with Crippen molar-refractivity contribution in [2.45, 2.75) is 4.90 Å². The van der Waals surface area contributed by atoms with Gasteiger partial charge in [-0.25, -0.2) is 12.8 Å². The molecule has 0 aliphatic rings. The lowest BCUT2D eigenvalue weighted by molar-refractivity contribution is 0.599. The highest BCUT2D eigenvalue weighted by Crippen LogP contribution is 2.27. The van der Waals surface area contributed by atoms with Gasteiger partial charge in [-0.1, -0.05) is 34.8 Å². The van der Waals surface area contributed by atoms with Crippen molar-refractivity contribution in [3.8, 4) is 0 Å². The van der Waals surface area contributed by atoms with E-state index in [1.54, 1.807) is 0 Å². The number of halogens is 4. The van der Waals surface area contributed by atoms with E-state index >= 15 is 0 Å². The number of hydrogen-bond acceptors (Lipinski definition) is 2. The van der Waals surface area contributed by atoms with Gasteiger partial charge in [-0.05, 0) is 36.4 Å². The molecule has 0 aromatic heterocycles. The molecule has 0 radical (unpaired) electrons. The summed E-state index contributed by atoms with van der Waals surface area (Å²) in [5.41, 5.74) is 0.236. The Kier molecular flexibility index (Phi) is 4.44. The van der Waals surface area contributed by atoms with E-state index < -0.39 is 15.8 Å². The second kappa shape index (κ2) is 5.77. The molecule has 0 atom stereocenters. The smallest absolute Gasteiger partial charge is 0.261 e. The number of nitrogens with one attached hydrogen (secondary N) is 1. The molecule has 0 bridgehead atoms. The van der Waals surface area contributed by atoms with Crippen LogP contribution >= 0.6 is 34.8 Å². The zero-order chi connectivity index (χ0) is 14.9. The highest BCUT2D eigenvalue weighted by molar-refractivity contribution is 7.92. The fourth-order valence-electron chi connectivity index (χ4n) is 1.42. The van der Waals surface area contributed by atoms with Crippen molar-refractivity contribution < 1.29 is 12.8 Å². The van der Waals surface area contributed by atoms with E-state index in [9.17, 15) is 12.8 Å². The fraction of sp³-hybridized carbons (Fsp3) is 0. The standard InChI is InChI=1S/C12H7Cl3FNO2S/c13-9-3-1-7(5-10(9)14)17-20(18,19)8-2-4-12(16)11(15)6-8/h1-6,17H. The van der Waals surface area contributed by atoms with Crippen LogP contribution in [0.1, 0.15) is 0 Å². The Balaban J connectivity index is 2.35. The van der Waals surface area contributed by atoms with Crippen LogP contribution in [0.4, 0.5) is 10.1 Å². The molecular weight excluding hydrogens is 348 g/mol. The van der Waals surface area contributed by atoms with Crippen LogP contribution < -0.4 is 4.72 Å². The minimum Gasteiger partial charge on any atom is -0.280 e. The van der Waals surface area contributed by atoms with Gasteiger partial charge in [-0.15, -0.1) is 0 Å². The summed E-state index contributed by atoms with van der Waals surface area (Å²) in [5.74, 6) is -0.694. The van der Waals surface area contributed by atoms with Crippen molar-refractivity contribution in [2.24, 2.45) is 0 Å². The molecule has 0 saturated heterocycles. The second-order valence-electron chi connectivity index (χ2n) is 3.81. The third-order valence-corrected chi connectivity index (χ3v) is 4.78. The van der Waals surface area contributed by atoms with Gasteiger partial charge in [0, 0.05) is 0 Å². The molecule has 2 rings (SSSR count). The van der Waals surface area contributed by atoms with Gasteiger partial charge in [-0.3, -0.25) is 4.72 Å². The van der Waals surface area contributed by atoms with Crippen molar-refractivity contribution in [2.75, 3.05) is 4.72 Å². The Morgan fingerprint density at radius 1 is 0.900 bits per heavy atom. The number of benzene rings is 2. The van der Waals surface area contributed by atoms with Crippen LogP contribution in [0.15, 0.2) is 41.3 Å². The average molecular weight is 355 g/mol. The minimum absolute atomic E-state index is 0.157. The molecule has 0 heterocycles. The molecule has 0 unspecified atom stereocenters. The predicted molar refractivity (Wildman–Crippen MR) is 78.7 cm³/mol. The molecule has 0 spiro atoms. The van der Waals surface area contributed by atoms with Crippen molar-refractivity contribution in [1.29, 1.82) is 0 Å². The summed E-state index contributed by atoms with van der Waals surface area (Å²) < 4.78 is 39.5. The Morgan fingerprint density at radius 3 is 2.20 bits per heavy atom. The van der Waals surface area contributed by atoms with Crippen molar-refractivity contribution >= 4 is 50.5 Å². The summed E-state index contributed by atoms with van der Waals surface area (Å²) in [6.45, 7) is 0. The second-order valence-corrected chi connectivity index (χ2v) is 6.71. The Morgan fingerprint density at radius 2 is 1.60 bits per heavy atom. The maximum absolute atomic E-state index is 13.0. The van der Waals surface area contributed by atoms with Gasteiger partial charge in [-0.2, -0.15) is 0 Å². The lowest BCUT2D eigenvalue weighted by Crippen LogP contribution is -2.13. The van der Waals surface area contributed by atoms with Gasteiger partial charge in [0.2, 0.25) is 0 Å². The Hall–Kier alpha value is -1.01. The van der Waals surface area contributed by atoms with Crippen LogP contribution in [0.2, 0.25) is 15.1 Å². The van der Waals surface area contributed by atoms with E-state index in [0.717, 1.165) is 18.2 Å². The highest BCUT2D eigenvalue weighted by atomic mass is 35.5. The number of rotatable bonds is 3. The highest BCUT2D eigenvalue weighted by Gasteiger charge is 2.16. The van der Waals surface area contributed by atoms with Gasteiger partial charge in [0.15, 0.2) is 0 Å². The number of anilines is 1. The van der Waals surface area contributed by atoms with Crippen LogP contribution in [-0.4, -0.2) is 8.42 Å². The van der Waals surface area contributed by atoms with Crippen LogP contribution in [0.3, 0.4) is 0 Å². The third-order valence-electron chi connectivity index (χ3n) is 2.37. The van der Waals surface area contributed by atoms with Gasteiger partial charge in [0.25, 0.3) is 10.0 Å². The molecule has 2 aromatic rings. The van der Waals surface area contributed by atoms with Crippen LogP contribution in [0.25, 0.3) is 0 Å². The third kappa shape index (κ3) is 3.35. The van der Waals surface area contributed by atoms with Gasteiger partial charge in [0.05, 0.1) is 25.7 Å². The monoisotopic (exact) mass is 353 g/mol. The zero-order valence-electron chi connectivity index (χ0n) is 9.70. The van der Waals surface area contributed by atoms with Gasteiger partial charge < -0.3 is 0 Å². The van der Waals surface area contributed by atoms with E-state index in [2.05, 4.69) is 4.72 Å². The quantitative estimate of drug-likeness (QED) is 0.876. The molecular formula is C12H7Cl3FNO2S. The Bertz CT molecular complexity index is 765. The molecule has 3 nitrogen and oxygen atoms in total. The summed E-state index contributed by atoms with van der Waals surface area (Å²) in [6.07, 6.45) is 0. The molecule has 8 heteroatoms. The topological polar surface area (TPSA) is 46.2 Å². The molecule has 0 fully saturated rings. The first-order valence-electron chi connectivity index (χ1n) is 5.22. The molecule has 1 N–H and O–H groups in total. The maximum Gasteiger partial charge on any atom is 0.261 e. The molecule has 2 aromatic carbocycles. The van der Waals surface area contributed by atoms with Crippen molar-refractivity contribution in [1.82, 2.24) is 0 Å². The SMILES string of the molecule is O=S(=O)(Nc1ccc(Cl)c(Cl)c1)c1ccc(F)c(Cl)c1. The summed E-state index contributed by atoms with van der Waals surface area (Å²) in [7, 11) is -3.89. The van der Waals surface area contributed by atoms with E-state index in [1.807, 2.05) is 0 Å².